The molecule has 2 saturated heterocycles. The Morgan fingerprint density at radius 2 is 2.06 bits per heavy atom. The van der Waals surface area contributed by atoms with Crippen LogP contribution in [0.4, 0.5) is 0 Å². The van der Waals surface area contributed by atoms with E-state index in [0.717, 1.165) is 12.2 Å². The molecule has 2 heterocycles. The summed E-state index contributed by atoms with van der Waals surface area (Å²) >= 11 is 1.85. The second kappa shape index (κ2) is 4.13. The average Bonchev–Trinajstić information content (AvgIpc) is 2.59. The van der Waals surface area contributed by atoms with Crippen LogP contribution >= 0.6 is 11.8 Å². The molecule has 0 aromatic heterocycles. The van der Waals surface area contributed by atoms with E-state index in [2.05, 4.69) is 0 Å². The molecule has 0 bridgehead atoms. The lowest BCUT2D eigenvalue weighted by molar-refractivity contribution is 0.0920. The number of methoxy groups -OCH3 is 1. The second-order valence-corrected chi connectivity index (χ2v) is 8.24. The highest BCUT2D eigenvalue weighted by atomic mass is 32.2. The quantitative estimate of drug-likeness (QED) is 0.721. The molecule has 0 N–H and O–H groups in total. The molecule has 0 aliphatic carbocycles. The van der Waals surface area contributed by atoms with Gasteiger partial charge in [0, 0.05) is 44.8 Å². The van der Waals surface area contributed by atoms with E-state index < -0.39 is 10.2 Å². The van der Waals surface area contributed by atoms with Crippen molar-refractivity contribution in [3.63, 3.8) is 0 Å². The maximum absolute atomic E-state index is 11.8. The first-order valence-corrected chi connectivity index (χ1v) is 7.62. The predicted molar refractivity (Wildman–Crippen MR) is 64.8 cm³/mol. The van der Waals surface area contributed by atoms with Gasteiger partial charge < -0.3 is 4.74 Å². The first kappa shape index (κ1) is 12.6. The van der Waals surface area contributed by atoms with Gasteiger partial charge in [0.25, 0.3) is 10.2 Å². The molecule has 2 aliphatic rings. The Hall–Kier alpha value is 0.180. The van der Waals surface area contributed by atoms with Gasteiger partial charge in [-0.1, -0.05) is 0 Å². The molecule has 94 valence electrons. The lowest BCUT2D eigenvalue weighted by Crippen LogP contribution is -2.62. The molecule has 0 unspecified atom stereocenters. The predicted octanol–water partition coefficient (Wildman–Crippen LogP) is -0.000900. The summed E-state index contributed by atoms with van der Waals surface area (Å²) in [5.41, 5.74) is 0. The Balaban J connectivity index is 1.96. The summed E-state index contributed by atoms with van der Waals surface area (Å²) < 4.78 is 31.9. The molecular weight excluding hydrogens is 248 g/mol. The van der Waals surface area contributed by atoms with Gasteiger partial charge in [0.15, 0.2) is 0 Å². The van der Waals surface area contributed by atoms with E-state index in [1.165, 1.54) is 8.61 Å². The van der Waals surface area contributed by atoms with Crippen LogP contribution in [0.15, 0.2) is 0 Å². The highest BCUT2D eigenvalue weighted by Crippen LogP contribution is 2.46. The normalized spacial score (nSPS) is 29.9. The van der Waals surface area contributed by atoms with Crippen molar-refractivity contribution in [2.75, 3.05) is 40.0 Å². The van der Waals surface area contributed by atoms with E-state index in [1.807, 2.05) is 11.8 Å². The zero-order valence-corrected chi connectivity index (χ0v) is 11.5. The minimum Gasteiger partial charge on any atom is -0.381 e. The van der Waals surface area contributed by atoms with E-state index in [4.69, 9.17) is 4.74 Å². The summed E-state index contributed by atoms with van der Waals surface area (Å²) in [6, 6.07) is 0. The maximum Gasteiger partial charge on any atom is 0.281 e. The Morgan fingerprint density at radius 3 is 2.50 bits per heavy atom. The summed E-state index contributed by atoms with van der Waals surface area (Å²) in [5, 5.41) is 0. The smallest absolute Gasteiger partial charge is 0.281 e. The molecular formula is C9H18N2O3S2. The first-order valence-electron chi connectivity index (χ1n) is 5.24. The van der Waals surface area contributed by atoms with Crippen molar-refractivity contribution in [1.29, 1.82) is 0 Å². The van der Waals surface area contributed by atoms with Crippen LogP contribution in [-0.2, 0) is 14.9 Å². The lowest BCUT2D eigenvalue weighted by atomic mass is 9.96. The van der Waals surface area contributed by atoms with Crippen molar-refractivity contribution in [2.24, 2.45) is 0 Å². The van der Waals surface area contributed by atoms with Gasteiger partial charge in [0.2, 0.25) is 0 Å². The van der Waals surface area contributed by atoms with Crippen LogP contribution in [0.25, 0.3) is 0 Å². The summed E-state index contributed by atoms with van der Waals surface area (Å²) in [7, 11) is 1.64. The molecule has 0 saturated carbocycles. The van der Waals surface area contributed by atoms with Crippen LogP contribution in [0.1, 0.15) is 6.42 Å². The number of ether oxygens (including phenoxy) is 1. The SMILES string of the molecule is CO[C@H]1CSC2(C1)CN(S(=O)(=O)N(C)C)C2. The number of rotatable bonds is 3. The van der Waals surface area contributed by atoms with Gasteiger partial charge in [-0.15, -0.1) is 11.8 Å². The van der Waals surface area contributed by atoms with Crippen molar-refractivity contribution >= 4 is 22.0 Å². The van der Waals surface area contributed by atoms with Gasteiger partial charge in [-0.2, -0.15) is 17.0 Å². The Kier molecular flexibility index (Phi) is 3.26. The van der Waals surface area contributed by atoms with Crippen LogP contribution in [0.3, 0.4) is 0 Å². The van der Waals surface area contributed by atoms with Crippen LogP contribution in [0.5, 0.6) is 0 Å². The van der Waals surface area contributed by atoms with Crippen LogP contribution in [-0.4, -0.2) is 67.9 Å². The van der Waals surface area contributed by atoms with E-state index >= 15 is 0 Å². The minimum absolute atomic E-state index is 0.115. The zero-order valence-electron chi connectivity index (χ0n) is 9.84. The van der Waals surface area contributed by atoms with Crippen molar-refractivity contribution in [1.82, 2.24) is 8.61 Å². The molecule has 1 atom stereocenters. The number of nitrogens with zero attached hydrogens (tertiary/aromatic N) is 2. The summed E-state index contributed by atoms with van der Waals surface area (Å²) in [6.07, 6.45) is 1.25. The van der Waals surface area contributed by atoms with Gasteiger partial charge in [-0.25, -0.2) is 0 Å². The fraction of sp³-hybridized carbons (Fsp3) is 1.00. The molecule has 16 heavy (non-hydrogen) atoms. The number of thioether (sulfide) groups is 1. The molecule has 2 aliphatic heterocycles. The summed E-state index contributed by atoms with van der Waals surface area (Å²) in [4.78, 5) is 0. The Morgan fingerprint density at radius 1 is 1.44 bits per heavy atom. The van der Waals surface area contributed by atoms with Crippen LogP contribution in [0.2, 0.25) is 0 Å². The second-order valence-electron chi connectivity index (χ2n) is 4.61. The molecule has 1 spiro atoms. The van der Waals surface area contributed by atoms with Crippen molar-refractivity contribution in [3.05, 3.63) is 0 Å². The third kappa shape index (κ3) is 1.99. The molecule has 2 rings (SSSR count). The van der Waals surface area contributed by atoms with Gasteiger partial charge in [0.05, 0.1) is 6.10 Å². The van der Waals surface area contributed by atoms with Crippen LogP contribution < -0.4 is 0 Å². The molecule has 0 aromatic rings. The number of hydrogen-bond donors (Lipinski definition) is 0. The maximum atomic E-state index is 11.8. The molecule has 0 aromatic carbocycles. The fourth-order valence-corrected chi connectivity index (χ4v) is 5.20. The standard InChI is InChI=1S/C9H18N2O3S2/c1-10(2)16(12,13)11-6-9(7-11)4-8(14-3)5-15-9/h8H,4-7H2,1-3H3/t8-/m1/s1. The topological polar surface area (TPSA) is 49.9 Å². The van der Waals surface area contributed by atoms with Gasteiger partial charge in [-0.05, 0) is 6.42 Å². The van der Waals surface area contributed by atoms with Gasteiger partial charge in [-0.3, -0.25) is 0 Å². The minimum atomic E-state index is -3.22. The number of hydrogen-bond acceptors (Lipinski definition) is 4. The monoisotopic (exact) mass is 266 g/mol. The molecule has 2 fully saturated rings. The fourth-order valence-electron chi connectivity index (χ4n) is 2.16. The summed E-state index contributed by atoms with van der Waals surface area (Å²) in [6.45, 7) is 1.25. The third-order valence-electron chi connectivity index (χ3n) is 3.23. The van der Waals surface area contributed by atoms with Crippen LogP contribution in [0, 0.1) is 0 Å². The molecule has 7 heteroatoms. The Bertz CT molecular complexity index is 363. The van der Waals surface area contributed by atoms with Crippen molar-refractivity contribution in [3.8, 4) is 0 Å². The van der Waals surface area contributed by atoms with Gasteiger partial charge >= 0.3 is 0 Å². The van der Waals surface area contributed by atoms with E-state index in [-0.39, 0.29) is 10.9 Å². The lowest BCUT2D eigenvalue weighted by Gasteiger charge is -2.46. The average molecular weight is 266 g/mol. The highest BCUT2D eigenvalue weighted by molar-refractivity contribution is 8.01. The van der Waals surface area contributed by atoms with E-state index in [1.54, 1.807) is 21.2 Å². The van der Waals surface area contributed by atoms with Gasteiger partial charge in [0.1, 0.15) is 0 Å². The Labute approximate surface area is 101 Å². The zero-order chi connectivity index (χ0) is 12.0. The van der Waals surface area contributed by atoms with E-state index in [0.29, 0.717) is 13.1 Å². The largest absolute Gasteiger partial charge is 0.381 e. The highest BCUT2D eigenvalue weighted by Gasteiger charge is 2.53. The van der Waals surface area contributed by atoms with Crippen molar-refractivity contribution in [2.45, 2.75) is 17.3 Å². The third-order valence-corrected chi connectivity index (χ3v) is 6.63. The molecule has 5 nitrogen and oxygen atoms in total. The van der Waals surface area contributed by atoms with E-state index in [9.17, 15) is 8.42 Å². The molecule has 0 amide bonds. The molecule has 0 radical (unpaired) electrons. The first-order chi connectivity index (χ1) is 7.39. The van der Waals surface area contributed by atoms with Crippen molar-refractivity contribution < 1.29 is 13.2 Å². The summed E-state index contributed by atoms with van der Waals surface area (Å²) in [5.74, 6) is 0.979.